The lowest BCUT2D eigenvalue weighted by atomic mass is 10.0. The largest absolute Gasteiger partial charge is 0.453 e. The summed E-state index contributed by atoms with van der Waals surface area (Å²) in [5.74, 6) is -0.284. The summed E-state index contributed by atoms with van der Waals surface area (Å²) in [4.78, 5) is 39.1. The van der Waals surface area contributed by atoms with Gasteiger partial charge in [-0.1, -0.05) is 6.07 Å². The number of hydrogen-bond donors (Lipinski definition) is 1. The third kappa shape index (κ3) is 3.84. The van der Waals surface area contributed by atoms with Crippen LogP contribution in [0.2, 0.25) is 0 Å². The smallest absolute Gasteiger partial charge is 0.409 e. The topological polar surface area (TPSA) is 79.0 Å². The van der Waals surface area contributed by atoms with Crippen LogP contribution in [0, 0.1) is 6.92 Å². The molecule has 1 aromatic rings. The molecule has 7 nitrogen and oxygen atoms in total. The van der Waals surface area contributed by atoms with Gasteiger partial charge in [-0.2, -0.15) is 0 Å². The lowest BCUT2D eigenvalue weighted by Gasteiger charge is -2.39. The van der Waals surface area contributed by atoms with Gasteiger partial charge in [-0.05, 0) is 31.5 Å². The summed E-state index contributed by atoms with van der Waals surface area (Å²) < 4.78 is 4.76. The predicted octanol–water partition coefficient (Wildman–Crippen LogP) is 1.87. The monoisotopic (exact) mass is 333 g/mol. The average molecular weight is 333 g/mol. The fourth-order valence-corrected chi connectivity index (χ4v) is 2.83. The normalized spacial score (nSPS) is 17.4. The molecule has 1 heterocycles. The minimum Gasteiger partial charge on any atom is -0.453 e. The quantitative estimate of drug-likeness (QED) is 0.896. The van der Waals surface area contributed by atoms with Gasteiger partial charge >= 0.3 is 6.09 Å². The van der Waals surface area contributed by atoms with Gasteiger partial charge in [-0.15, -0.1) is 0 Å². The number of anilines is 1. The molecule has 1 N–H and O–H groups in total. The number of nitrogens with zero attached hydrogens (tertiary/aromatic N) is 2. The summed E-state index contributed by atoms with van der Waals surface area (Å²) in [6, 6.07) is 5.16. The number of hydrogen-bond acceptors (Lipinski definition) is 4. The van der Waals surface area contributed by atoms with Crippen LogP contribution in [0.5, 0.6) is 0 Å². The molecule has 7 heteroatoms. The van der Waals surface area contributed by atoms with Crippen LogP contribution >= 0.6 is 0 Å². The van der Waals surface area contributed by atoms with Crippen molar-refractivity contribution in [3.05, 3.63) is 29.3 Å². The second-order valence-corrected chi connectivity index (χ2v) is 5.97. The Labute approximate surface area is 141 Å². The van der Waals surface area contributed by atoms with Gasteiger partial charge in [-0.3, -0.25) is 9.59 Å². The van der Waals surface area contributed by atoms with Crippen molar-refractivity contribution >= 4 is 23.6 Å². The highest BCUT2D eigenvalue weighted by Gasteiger charge is 2.31. The number of methoxy groups -OCH3 is 1. The van der Waals surface area contributed by atoms with E-state index >= 15 is 0 Å². The summed E-state index contributed by atoms with van der Waals surface area (Å²) >= 11 is 0. The molecule has 0 unspecified atom stereocenters. The minimum atomic E-state index is -0.376. The molecular weight excluding hydrogens is 310 g/mol. The predicted molar refractivity (Wildman–Crippen MR) is 90.0 cm³/mol. The van der Waals surface area contributed by atoms with E-state index in [0.717, 1.165) is 5.56 Å². The summed E-state index contributed by atoms with van der Waals surface area (Å²) in [5, 5.41) is 2.69. The summed E-state index contributed by atoms with van der Waals surface area (Å²) in [6.45, 7) is 6.49. The Morgan fingerprint density at radius 2 is 1.96 bits per heavy atom. The summed E-state index contributed by atoms with van der Waals surface area (Å²) in [6.07, 6.45) is -0.376. The Morgan fingerprint density at radius 3 is 2.54 bits per heavy atom. The molecule has 1 aliphatic rings. The lowest BCUT2D eigenvalue weighted by molar-refractivity contribution is -0.114. The first-order chi connectivity index (χ1) is 11.3. The molecule has 24 heavy (non-hydrogen) atoms. The van der Waals surface area contributed by atoms with Crippen molar-refractivity contribution in [1.82, 2.24) is 9.80 Å². The summed E-state index contributed by atoms with van der Waals surface area (Å²) in [7, 11) is 1.35. The molecule has 1 atom stereocenters. The molecule has 0 aliphatic carbocycles. The molecule has 0 aromatic heterocycles. The zero-order valence-corrected chi connectivity index (χ0v) is 14.5. The van der Waals surface area contributed by atoms with Crippen LogP contribution in [0.15, 0.2) is 18.2 Å². The maximum atomic E-state index is 12.8. The van der Waals surface area contributed by atoms with Crippen molar-refractivity contribution in [3.8, 4) is 0 Å². The lowest BCUT2D eigenvalue weighted by Crippen LogP contribution is -2.55. The van der Waals surface area contributed by atoms with Crippen LogP contribution in [-0.4, -0.2) is 60.5 Å². The van der Waals surface area contributed by atoms with Gasteiger partial charge in [0.2, 0.25) is 5.91 Å². The van der Waals surface area contributed by atoms with E-state index in [0.29, 0.717) is 30.9 Å². The third-order valence-corrected chi connectivity index (χ3v) is 4.11. The van der Waals surface area contributed by atoms with Crippen molar-refractivity contribution in [2.24, 2.45) is 0 Å². The van der Waals surface area contributed by atoms with Gasteiger partial charge < -0.3 is 19.9 Å². The number of carbonyl (C=O) groups excluding carboxylic acids is 3. The van der Waals surface area contributed by atoms with E-state index in [2.05, 4.69) is 5.32 Å². The van der Waals surface area contributed by atoms with Crippen LogP contribution in [-0.2, 0) is 9.53 Å². The fraction of sp³-hybridized carbons (Fsp3) is 0.471. The number of piperazine rings is 1. The van der Waals surface area contributed by atoms with E-state index in [9.17, 15) is 14.4 Å². The fourth-order valence-electron chi connectivity index (χ4n) is 2.83. The van der Waals surface area contributed by atoms with Crippen molar-refractivity contribution < 1.29 is 19.1 Å². The molecule has 130 valence electrons. The van der Waals surface area contributed by atoms with Crippen molar-refractivity contribution in [3.63, 3.8) is 0 Å². The minimum absolute atomic E-state index is 0.101. The SMILES string of the molecule is COC(=O)N1CCN(C(=O)c2cc(NC(C)=O)ccc2C)C[C@@H]1C. The number of rotatable bonds is 2. The Morgan fingerprint density at radius 1 is 1.25 bits per heavy atom. The standard InChI is InChI=1S/C17H23N3O4/c1-11-5-6-14(18-13(3)21)9-15(11)16(22)19-7-8-20(12(2)10-19)17(23)24-4/h5-6,9,12H,7-8,10H2,1-4H3,(H,18,21)/t12-/m0/s1. The zero-order valence-electron chi connectivity index (χ0n) is 14.5. The van der Waals surface area contributed by atoms with Gasteiger partial charge in [-0.25, -0.2) is 4.79 Å². The van der Waals surface area contributed by atoms with Crippen molar-refractivity contribution in [1.29, 1.82) is 0 Å². The van der Waals surface area contributed by atoms with Crippen LogP contribution in [0.25, 0.3) is 0 Å². The van der Waals surface area contributed by atoms with E-state index in [1.807, 2.05) is 19.9 Å². The number of ether oxygens (including phenoxy) is 1. The van der Waals surface area contributed by atoms with Crippen LogP contribution in [0.4, 0.5) is 10.5 Å². The molecule has 0 radical (unpaired) electrons. The molecule has 3 amide bonds. The molecule has 1 fully saturated rings. The Balaban J connectivity index is 2.15. The summed E-state index contributed by atoms with van der Waals surface area (Å²) in [5.41, 5.74) is 2.00. The molecular formula is C17H23N3O4. The van der Waals surface area contributed by atoms with Gasteiger partial charge in [0.25, 0.3) is 5.91 Å². The van der Waals surface area contributed by atoms with E-state index < -0.39 is 0 Å². The average Bonchev–Trinajstić information content (AvgIpc) is 2.54. The number of amides is 3. The first-order valence-electron chi connectivity index (χ1n) is 7.85. The highest BCUT2D eigenvalue weighted by Crippen LogP contribution is 2.20. The Hall–Kier alpha value is -2.57. The van der Waals surface area contributed by atoms with Crippen LogP contribution < -0.4 is 5.32 Å². The van der Waals surface area contributed by atoms with Crippen LogP contribution in [0.3, 0.4) is 0 Å². The van der Waals surface area contributed by atoms with Gasteiger partial charge in [0.15, 0.2) is 0 Å². The molecule has 1 aliphatic heterocycles. The molecule has 0 saturated carbocycles. The van der Waals surface area contributed by atoms with Crippen molar-refractivity contribution in [2.45, 2.75) is 26.8 Å². The van der Waals surface area contributed by atoms with E-state index in [1.54, 1.807) is 21.9 Å². The highest BCUT2D eigenvalue weighted by molar-refractivity contribution is 5.98. The second-order valence-electron chi connectivity index (χ2n) is 5.97. The van der Waals surface area contributed by atoms with Gasteiger partial charge in [0.1, 0.15) is 0 Å². The maximum absolute atomic E-state index is 12.8. The van der Waals surface area contributed by atoms with Gasteiger partial charge in [0, 0.05) is 43.9 Å². The molecule has 0 bridgehead atoms. The Bertz CT molecular complexity index is 659. The third-order valence-electron chi connectivity index (χ3n) is 4.11. The maximum Gasteiger partial charge on any atom is 0.409 e. The van der Waals surface area contributed by atoms with Crippen LogP contribution in [0.1, 0.15) is 29.8 Å². The number of benzene rings is 1. The highest BCUT2D eigenvalue weighted by atomic mass is 16.5. The van der Waals surface area contributed by atoms with Crippen molar-refractivity contribution in [2.75, 3.05) is 32.1 Å². The Kier molecular flexibility index (Phi) is 5.43. The van der Waals surface area contributed by atoms with Gasteiger partial charge in [0.05, 0.1) is 7.11 Å². The molecule has 1 aromatic carbocycles. The first-order valence-corrected chi connectivity index (χ1v) is 7.85. The molecule has 1 saturated heterocycles. The number of carbonyl (C=O) groups is 3. The second kappa shape index (κ2) is 7.33. The molecule has 2 rings (SSSR count). The zero-order chi connectivity index (χ0) is 17.9. The van der Waals surface area contributed by atoms with E-state index in [-0.39, 0.29) is 23.9 Å². The van der Waals surface area contributed by atoms with E-state index in [4.69, 9.17) is 4.74 Å². The molecule has 0 spiro atoms. The number of aryl methyl sites for hydroxylation is 1. The number of nitrogens with one attached hydrogen (secondary N) is 1. The first kappa shape index (κ1) is 17.8. The van der Waals surface area contributed by atoms with E-state index in [1.165, 1.54) is 14.0 Å².